The molecule has 2 aromatic carbocycles. The SMILES string of the molecule is O=C(NCCCCCc1nc2ccccc2n1C/C=C/c1ccccc1)C1CCCCC1. The summed E-state index contributed by atoms with van der Waals surface area (Å²) in [6.45, 7) is 1.62. The smallest absolute Gasteiger partial charge is 0.223 e. The van der Waals surface area contributed by atoms with Crippen molar-refractivity contribution in [2.75, 3.05) is 6.54 Å². The normalized spacial score (nSPS) is 14.9. The van der Waals surface area contributed by atoms with Gasteiger partial charge in [0.15, 0.2) is 0 Å². The van der Waals surface area contributed by atoms with Crippen LogP contribution in [0.4, 0.5) is 0 Å². The number of benzene rings is 2. The summed E-state index contributed by atoms with van der Waals surface area (Å²) in [7, 11) is 0. The minimum Gasteiger partial charge on any atom is -0.356 e. The molecule has 4 rings (SSSR count). The third-order valence-corrected chi connectivity index (χ3v) is 6.48. The molecule has 1 N–H and O–H groups in total. The van der Waals surface area contributed by atoms with Crippen LogP contribution in [0.5, 0.6) is 0 Å². The fourth-order valence-electron chi connectivity index (χ4n) is 4.68. The number of rotatable bonds is 10. The average molecular weight is 430 g/mol. The molecule has 1 aliphatic rings. The van der Waals surface area contributed by atoms with E-state index in [1.165, 1.54) is 30.3 Å². The second kappa shape index (κ2) is 11.7. The van der Waals surface area contributed by atoms with Gasteiger partial charge in [-0.15, -0.1) is 0 Å². The molecule has 1 fully saturated rings. The van der Waals surface area contributed by atoms with Crippen molar-refractivity contribution in [3.8, 4) is 0 Å². The van der Waals surface area contributed by atoms with Crippen LogP contribution in [0.3, 0.4) is 0 Å². The number of aryl methyl sites for hydroxylation is 1. The van der Waals surface area contributed by atoms with Crippen molar-refractivity contribution in [3.05, 3.63) is 72.1 Å². The molecule has 0 saturated heterocycles. The van der Waals surface area contributed by atoms with E-state index in [4.69, 9.17) is 4.98 Å². The second-order valence-corrected chi connectivity index (χ2v) is 8.88. The van der Waals surface area contributed by atoms with Crippen molar-refractivity contribution >= 4 is 23.0 Å². The summed E-state index contributed by atoms with van der Waals surface area (Å²) in [5.41, 5.74) is 3.48. The molecular formula is C28H35N3O. The Hall–Kier alpha value is -2.88. The lowest BCUT2D eigenvalue weighted by Gasteiger charge is -2.20. The Kier molecular flexibility index (Phi) is 8.13. The lowest BCUT2D eigenvalue weighted by Crippen LogP contribution is -2.32. The highest BCUT2D eigenvalue weighted by Crippen LogP contribution is 2.23. The summed E-state index contributed by atoms with van der Waals surface area (Å²) in [4.78, 5) is 17.2. The van der Waals surface area contributed by atoms with Crippen molar-refractivity contribution in [2.24, 2.45) is 5.92 Å². The van der Waals surface area contributed by atoms with Crippen LogP contribution in [-0.4, -0.2) is 22.0 Å². The number of hydrogen-bond acceptors (Lipinski definition) is 2. The predicted octanol–water partition coefficient (Wildman–Crippen LogP) is 6.16. The first-order valence-corrected chi connectivity index (χ1v) is 12.2. The fraction of sp³-hybridized carbons (Fsp3) is 0.429. The summed E-state index contributed by atoms with van der Waals surface area (Å²) in [5, 5.41) is 3.16. The summed E-state index contributed by atoms with van der Waals surface area (Å²) in [6, 6.07) is 18.8. The van der Waals surface area contributed by atoms with Gasteiger partial charge in [-0.2, -0.15) is 0 Å². The van der Waals surface area contributed by atoms with Crippen molar-refractivity contribution < 1.29 is 4.79 Å². The maximum Gasteiger partial charge on any atom is 0.223 e. The van der Waals surface area contributed by atoms with Gasteiger partial charge < -0.3 is 9.88 Å². The number of allylic oxidation sites excluding steroid dienone is 1. The quantitative estimate of drug-likeness (QED) is 0.392. The van der Waals surface area contributed by atoms with Crippen LogP contribution in [-0.2, 0) is 17.8 Å². The molecule has 0 unspecified atom stereocenters. The van der Waals surface area contributed by atoms with Crippen LogP contribution in [0, 0.1) is 5.92 Å². The molecule has 168 valence electrons. The van der Waals surface area contributed by atoms with Gasteiger partial charge in [-0.25, -0.2) is 4.98 Å². The third kappa shape index (κ3) is 6.09. The Labute approximate surface area is 191 Å². The van der Waals surface area contributed by atoms with Crippen LogP contribution in [0.15, 0.2) is 60.7 Å². The van der Waals surface area contributed by atoms with E-state index < -0.39 is 0 Å². The molecule has 4 nitrogen and oxygen atoms in total. The van der Waals surface area contributed by atoms with E-state index in [0.29, 0.717) is 0 Å². The number of imidazole rings is 1. The van der Waals surface area contributed by atoms with E-state index in [-0.39, 0.29) is 11.8 Å². The number of unbranched alkanes of at least 4 members (excludes halogenated alkanes) is 2. The van der Waals surface area contributed by atoms with Crippen LogP contribution >= 0.6 is 0 Å². The summed E-state index contributed by atoms with van der Waals surface area (Å²) in [6.07, 6.45) is 14.4. The molecule has 4 heteroatoms. The molecule has 1 heterocycles. The van der Waals surface area contributed by atoms with Gasteiger partial charge in [0.1, 0.15) is 5.82 Å². The number of amides is 1. The van der Waals surface area contributed by atoms with Gasteiger partial charge in [0, 0.05) is 25.4 Å². The Morgan fingerprint density at radius 3 is 2.59 bits per heavy atom. The number of nitrogens with zero attached hydrogens (tertiary/aromatic N) is 2. The maximum atomic E-state index is 12.3. The molecule has 1 aromatic heterocycles. The van der Waals surface area contributed by atoms with Crippen LogP contribution in [0.1, 0.15) is 62.8 Å². The average Bonchev–Trinajstić information content (AvgIpc) is 3.20. The number of aromatic nitrogens is 2. The predicted molar refractivity (Wildman–Crippen MR) is 132 cm³/mol. The zero-order valence-corrected chi connectivity index (χ0v) is 19.0. The lowest BCUT2D eigenvalue weighted by atomic mass is 9.89. The van der Waals surface area contributed by atoms with Crippen molar-refractivity contribution in [1.29, 1.82) is 0 Å². The molecule has 3 aromatic rings. The zero-order valence-electron chi connectivity index (χ0n) is 19.0. The van der Waals surface area contributed by atoms with E-state index in [1.54, 1.807) is 0 Å². The summed E-state index contributed by atoms with van der Waals surface area (Å²) >= 11 is 0. The van der Waals surface area contributed by atoms with Crippen LogP contribution in [0.25, 0.3) is 17.1 Å². The van der Waals surface area contributed by atoms with Gasteiger partial charge >= 0.3 is 0 Å². The van der Waals surface area contributed by atoms with E-state index in [1.807, 2.05) is 6.07 Å². The number of para-hydroxylation sites is 2. The Bertz CT molecular complexity index is 1020. The number of carbonyl (C=O) groups is 1. The van der Waals surface area contributed by atoms with Crippen molar-refractivity contribution in [3.63, 3.8) is 0 Å². The number of fused-ring (bicyclic) bond motifs is 1. The van der Waals surface area contributed by atoms with Crippen molar-refractivity contribution in [1.82, 2.24) is 14.9 Å². The molecule has 0 aliphatic heterocycles. The highest BCUT2D eigenvalue weighted by atomic mass is 16.1. The summed E-state index contributed by atoms with van der Waals surface area (Å²) < 4.78 is 2.33. The van der Waals surface area contributed by atoms with E-state index in [0.717, 1.165) is 63.0 Å². The van der Waals surface area contributed by atoms with Gasteiger partial charge in [-0.05, 0) is 43.4 Å². The number of carbonyl (C=O) groups excluding carboxylic acids is 1. The molecule has 1 aliphatic carbocycles. The molecule has 1 amide bonds. The molecule has 32 heavy (non-hydrogen) atoms. The lowest BCUT2D eigenvalue weighted by molar-refractivity contribution is -0.125. The minimum atomic E-state index is 0.257. The number of hydrogen-bond donors (Lipinski definition) is 1. The van der Waals surface area contributed by atoms with E-state index >= 15 is 0 Å². The van der Waals surface area contributed by atoms with Gasteiger partial charge in [0.05, 0.1) is 11.0 Å². The monoisotopic (exact) mass is 429 g/mol. The standard InChI is InChI=1S/C28H35N3O/c32-28(24-16-6-2-7-17-24)29-21-11-3-8-20-27-30-25-18-9-10-19-26(25)31(27)22-12-15-23-13-4-1-5-14-23/h1,4-5,9-10,12-15,18-19,24H,2-3,6-8,11,16-17,20-22H2,(H,29,32)/b15-12+. The first-order chi connectivity index (χ1) is 15.8. The maximum absolute atomic E-state index is 12.3. The van der Waals surface area contributed by atoms with Crippen LogP contribution in [0.2, 0.25) is 0 Å². The molecule has 0 bridgehead atoms. The molecule has 0 radical (unpaired) electrons. The fourth-order valence-corrected chi connectivity index (χ4v) is 4.68. The van der Waals surface area contributed by atoms with Gasteiger partial charge in [0.2, 0.25) is 5.91 Å². The molecule has 0 spiro atoms. The van der Waals surface area contributed by atoms with Gasteiger partial charge in [0.25, 0.3) is 0 Å². The second-order valence-electron chi connectivity index (χ2n) is 8.88. The first-order valence-electron chi connectivity index (χ1n) is 12.2. The molecular weight excluding hydrogens is 394 g/mol. The van der Waals surface area contributed by atoms with E-state index in [2.05, 4.69) is 70.6 Å². The molecule has 1 saturated carbocycles. The Balaban J connectivity index is 1.27. The first kappa shape index (κ1) is 22.3. The minimum absolute atomic E-state index is 0.257. The van der Waals surface area contributed by atoms with Gasteiger partial charge in [-0.1, -0.05) is 80.3 Å². The molecule has 0 atom stereocenters. The summed E-state index contributed by atoms with van der Waals surface area (Å²) in [5.74, 6) is 1.68. The Morgan fingerprint density at radius 1 is 0.969 bits per heavy atom. The van der Waals surface area contributed by atoms with Gasteiger partial charge in [-0.3, -0.25) is 4.79 Å². The van der Waals surface area contributed by atoms with E-state index in [9.17, 15) is 4.79 Å². The zero-order chi connectivity index (χ0) is 22.0. The Morgan fingerprint density at radius 2 is 1.75 bits per heavy atom. The largest absolute Gasteiger partial charge is 0.356 e. The highest BCUT2D eigenvalue weighted by Gasteiger charge is 2.20. The van der Waals surface area contributed by atoms with Crippen LogP contribution < -0.4 is 5.32 Å². The third-order valence-electron chi connectivity index (χ3n) is 6.48. The van der Waals surface area contributed by atoms with Crippen molar-refractivity contribution in [2.45, 2.75) is 64.3 Å². The number of nitrogens with one attached hydrogen (secondary N) is 1. The topological polar surface area (TPSA) is 46.9 Å². The highest BCUT2D eigenvalue weighted by molar-refractivity contribution is 5.78.